The fraction of sp³-hybridized carbons (Fsp3) is 0.250. The lowest BCUT2D eigenvalue weighted by atomic mass is 10.0. The molecule has 3 aromatic rings. The van der Waals surface area contributed by atoms with Crippen LogP contribution >= 0.6 is 12.4 Å². The van der Waals surface area contributed by atoms with E-state index in [1.165, 1.54) is 5.56 Å². The molecule has 0 N–H and O–H groups in total. The highest BCUT2D eigenvalue weighted by molar-refractivity contribution is 5.98. The fourth-order valence-electron chi connectivity index (χ4n) is 4.64. The topological polar surface area (TPSA) is 32.8 Å². The molecule has 0 saturated carbocycles. The quantitative estimate of drug-likeness (QED) is 0.450. The minimum Gasteiger partial charge on any atom is -0.457 e. The largest absolute Gasteiger partial charge is 0.457 e. The molecule has 170 valence electrons. The Bertz CT molecular complexity index is 1110. The number of rotatable bonds is 6. The number of hydrogen-bond acceptors (Lipinski definition) is 3. The second kappa shape index (κ2) is 10.7. The molecule has 4 nitrogen and oxygen atoms in total. The van der Waals surface area contributed by atoms with Crippen LogP contribution in [0, 0.1) is 0 Å². The molecule has 0 unspecified atom stereocenters. The molecular weight excluding hydrogens is 432 g/mol. The van der Waals surface area contributed by atoms with E-state index in [2.05, 4.69) is 34.1 Å². The minimum atomic E-state index is 0. The van der Waals surface area contributed by atoms with Gasteiger partial charge in [0, 0.05) is 43.3 Å². The van der Waals surface area contributed by atoms with Gasteiger partial charge in [0.1, 0.15) is 11.5 Å². The molecule has 0 bridgehead atoms. The average Bonchev–Trinajstić information content (AvgIpc) is 3.18. The minimum absolute atomic E-state index is 0. The summed E-state index contributed by atoms with van der Waals surface area (Å²) in [5.41, 5.74) is 3.13. The monoisotopic (exact) mass is 460 g/mol. The number of ether oxygens (including phenoxy) is 1. The summed E-state index contributed by atoms with van der Waals surface area (Å²) in [6.07, 6.45) is 6.41. The normalized spacial score (nSPS) is 16.6. The molecule has 2 aliphatic rings. The molecule has 0 aliphatic carbocycles. The van der Waals surface area contributed by atoms with Crippen LogP contribution in [0.1, 0.15) is 34.3 Å². The number of likely N-dealkylation sites (tertiary alicyclic amines) is 1. The maximum absolute atomic E-state index is 12.8. The Hall–Kier alpha value is -3.08. The van der Waals surface area contributed by atoms with Gasteiger partial charge in [-0.25, -0.2) is 0 Å². The number of hydrogen-bond donors (Lipinski definition) is 0. The zero-order valence-electron chi connectivity index (χ0n) is 18.6. The van der Waals surface area contributed by atoms with Crippen LogP contribution < -0.4 is 4.74 Å². The van der Waals surface area contributed by atoms with Crippen molar-refractivity contribution in [3.63, 3.8) is 0 Å². The predicted octanol–water partition coefficient (Wildman–Crippen LogP) is 6.03. The highest BCUT2D eigenvalue weighted by Gasteiger charge is 2.33. The van der Waals surface area contributed by atoms with Crippen molar-refractivity contribution in [1.82, 2.24) is 9.80 Å². The number of carbonyl (C=O) groups is 1. The van der Waals surface area contributed by atoms with E-state index >= 15 is 0 Å². The zero-order valence-corrected chi connectivity index (χ0v) is 19.4. The van der Waals surface area contributed by atoms with E-state index in [-0.39, 0.29) is 18.3 Å². The lowest BCUT2D eigenvalue weighted by molar-refractivity contribution is 0.0607. The summed E-state index contributed by atoms with van der Waals surface area (Å²) in [5, 5.41) is 0. The molecule has 5 rings (SSSR count). The molecule has 1 amide bonds. The molecule has 3 aromatic carbocycles. The van der Waals surface area contributed by atoms with E-state index in [1.54, 1.807) is 0 Å². The highest BCUT2D eigenvalue weighted by atomic mass is 35.5. The molecule has 0 atom stereocenters. The SMILES string of the molecule is Cl.O=C1c2ccccc2CN1C1CCN(C/C=C/c2ccccc2Oc2ccccc2)CC1. The number of carbonyl (C=O) groups excluding carboxylic acids is 1. The van der Waals surface area contributed by atoms with Crippen LogP contribution in [0.25, 0.3) is 6.08 Å². The van der Waals surface area contributed by atoms with Crippen LogP contribution in [0.3, 0.4) is 0 Å². The molecule has 1 fully saturated rings. The predicted molar refractivity (Wildman–Crippen MR) is 135 cm³/mol. The summed E-state index contributed by atoms with van der Waals surface area (Å²) in [5.74, 6) is 1.91. The first-order valence-electron chi connectivity index (χ1n) is 11.4. The third-order valence-corrected chi connectivity index (χ3v) is 6.40. The number of piperidine rings is 1. The van der Waals surface area contributed by atoms with Gasteiger partial charge in [-0.05, 0) is 42.7 Å². The van der Waals surface area contributed by atoms with Crippen LogP contribution in [-0.4, -0.2) is 41.4 Å². The van der Waals surface area contributed by atoms with Crippen LogP contribution in [-0.2, 0) is 6.54 Å². The number of nitrogens with zero attached hydrogens (tertiary/aromatic N) is 2. The van der Waals surface area contributed by atoms with Crippen molar-refractivity contribution in [1.29, 1.82) is 0 Å². The summed E-state index contributed by atoms with van der Waals surface area (Å²) in [4.78, 5) is 17.3. The molecule has 5 heteroatoms. The van der Waals surface area contributed by atoms with E-state index in [0.29, 0.717) is 6.04 Å². The Morgan fingerprint density at radius 3 is 2.36 bits per heavy atom. The maximum Gasteiger partial charge on any atom is 0.254 e. The first kappa shape index (κ1) is 23.1. The lowest BCUT2D eigenvalue weighted by Gasteiger charge is -2.36. The Labute approximate surface area is 201 Å². The Morgan fingerprint density at radius 1 is 0.879 bits per heavy atom. The fourth-order valence-corrected chi connectivity index (χ4v) is 4.64. The molecular formula is C28H29ClN2O2. The first-order valence-corrected chi connectivity index (χ1v) is 11.4. The number of benzene rings is 3. The van der Waals surface area contributed by atoms with Gasteiger partial charge < -0.3 is 9.64 Å². The van der Waals surface area contributed by atoms with E-state index in [0.717, 1.165) is 61.6 Å². The van der Waals surface area contributed by atoms with Crippen molar-refractivity contribution in [2.75, 3.05) is 19.6 Å². The van der Waals surface area contributed by atoms with Crippen molar-refractivity contribution in [2.45, 2.75) is 25.4 Å². The Kier molecular flexibility index (Phi) is 7.48. The number of fused-ring (bicyclic) bond motifs is 1. The van der Waals surface area contributed by atoms with E-state index in [9.17, 15) is 4.79 Å². The second-order valence-electron chi connectivity index (χ2n) is 8.48. The van der Waals surface area contributed by atoms with E-state index in [1.807, 2.05) is 66.7 Å². The van der Waals surface area contributed by atoms with Gasteiger partial charge in [0.2, 0.25) is 0 Å². The molecule has 0 spiro atoms. The van der Waals surface area contributed by atoms with Crippen molar-refractivity contribution >= 4 is 24.4 Å². The standard InChI is InChI=1S/C28H28N2O2.ClH/c31-28-26-14-6-4-10-23(26)21-30(28)24-16-19-29(20-17-24)18-8-11-22-9-5-7-15-27(22)32-25-12-2-1-3-13-25;/h1-15,24H,16-21H2;1H/b11-8+;. The molecule has 1 saturated heterocycles. The van der Waals surface area contributed by atoms with Crippen LogP contribution in [0.4, 0.5) is 0 Å². The Morgan fingerprint density at radius 2 is 1.58 bits per heavy atom. The van der Waals surface area contributed by atoms with Crippen LogP contribution in [0.5, 0.6) is 11.5 Å². The molecule has 0 aromatic heterocycles. The third kappa shape index (κ3) is 5.29. The third-order valence-electron chi connectivity index (χ3n) is 6.40. The summed E-state index contributed by atoms with van der Waals surface area (Å²) in [6.45, 7) is 3.69. The summed E-state index contributed by atoms with van der Waals surface area (Å²) < 4.78 is 6.06. The van der Waals surface area contributed by atoms with E-state index in [4.69, 9.17) is 4.74 Å². The number of para-hydroxylation sites is 2. The molecule has 33 heavy (non-hydrogen) atoms. The van der Waals surface area contributed by atoms with Crippen molar-refractivity contribution in [3.05, 3.63) is 102 Å². The maximum atomic E-state index is 12.8. The summed E-state index contributed by atoms with van der Waals surface area (Å²) in [7, 11) is 0. The van der Waals surface area contributed by atoms with Gasteiger partial charge in [-0.3, -0.25) is 9.69 Å². The van der Waals surface area contributed by atoms with Gasteiger partial charge in [-0.15, -0.1) is 12.4 Å². The second-order valence-corrected chi connectivity index (χ2v) is 8.48. The van der Waals surface area contributed by atoms with E-state index < -0.39 is 0 Å². The first-order chi connectivity index (χ1) is 15.8. The summed E-state index contributed by atoms with van der Waals surface area (Å²) >= 11 is 0. The van der Waals surface area contributed by atoms with Crippen LogP contribution in [0.2, 0.25) is 0 Å². The Balaban J connectivity index is 0.00000259. The molecule has 2 heterocycles. The van der Waals surface area contributed by atoms with Crippen molar-refractivity contribution < 1.29 is 9.53 Å². The summed E-state index contributed by atoms with van der Waals surface area (Å²) in [6, 6.07) is 26.3. The van der Waals surface area contributed by atoms with Gasteiger partial charge in [-0.1, -0.05) is 66.7 Å². The number of halogens is 1. The van der Waals surface area contributed by atoms with Crippen molar-refractivity contribution in [2.24, 2.45) is 0 Å². The smallest absolute Gasteiger partial charge is 0.254 e. The van der Waals surface area contributed by atoms with Gasteiger partial charge in [0.05, 0.1) is 0 Å². The van der Waals surface area contributed by atoms with Crippen LogP contribution in [0.15, 0.2) is 84.9 Å². The van der Waals surface area contributed by atoms with Gasteiger partial charge in [0.15, 0.2) is 0 Å². The van der Waals surface area contributed by atoms with Crippen molar-refractivity contribution in [3.8, 4) is 11.5 Å². The molecule has 0 radical (unpaired) electrons. The lowest BCUT2D eigenvalue weighted by Crippen LogP contribution is -2.45. The van der Waals surface area contributed by atoms with Gasteiger partial charge in [0.25, 0.3) is 5.91 Å². The highest BCUT2D eigenvalue weighted by Crippen LogP contribution is 2.29. The molecule has 2 aliphatic heterocycles. The number of amides is 1. The van der Waals surface area contributed by atoms with Gasteiger partial charge >= 0.3 is 0 Å². The zero-order chi connectivity index (χ0) is 21.8. The average molecular weight is 461 g/mol. The van der Waals surface area contributed by atoms with Gasteiger partial charge in [-0.2, -0.15) is 0 Å².